The molecule has 3 heteroatoms. The van der Waals surface area contributed by atoms with E-state index in [1.54, 1.807) is 0 Å². The van der Waals surface area contributed by atoms with Gasteiger partial charge in [0.05, 0.1) is 6.61 Å². The molecule has 1 fully saturated rings. The molecule has 3 nitrogen and oxygen atoms in total. The van der Waals surface area contributed by atoms with E-state index in [-0.39, 0.29) is 12.1 Å². The Hall–Kier alpha value is -0.120. The molecular formula is C16H34N2O. The zero-order valence-corrected chi connectivity index (χ0v) is 13.7. The van der Waals surface area contributed by atoms with Gasteiger partial charge in [-0.25, -0.2) is 0 Å². The van der Waals surface area contributed by atoms with Crippen molar-refractivity contribution in [2.75, 3.05) is 26.7 Å². The maximum absolute atomic E-state index is 9.51. The quantitative estimate of drug-likeness (QED) is 0.778. The molecule has 0 spiro atoms. The number of likely N-dealkylation sites (N-methyl/N-ethyl adjacent to an activating group) is 1. The summed E-state index contributed by atoms with van der Waals surface area (Å²) in [6, 6.07) is 0.626. The Balaban J connectivity index is 2.71. The number of aliphatic hydroxyl groups is 1. The van der Waals surface area contributed by atoms with Crippen LogP contribution < -0.4 is 5.32 Å². The lowest BCUT2D eigenvalue weighted by molar-refractivity contribution is 0.0347. The van der Waals surface area contributed by atoms with Crippen LogP contribution >= 0.6 is 0 Å². The van der Waals surface area contributed by atoms with Crippen LogP contribution in [0.2, 0.25) is 0 Å². The van der Waals surface area contributed by atoms with Gasteiger partial charge in [0.2, 0.25) is 0 Å². The molecule has 0 aromatic heterocycles. The summed E-state index contributed by atoms with van der Waals surface area (Å²) in [6.07, 6.45) is 2.62. The lowest BCUT2D eigenvalue weighted by Crippen LogP contribution is -2.53. The van der Waals surface area contributed by atoms with Crippen LogP contribution in [0.4, 0.5) is 0 Å². The first-order chi connectivity index (χ1) is 8.81. The fraction of sp³-hybridized carbons (Fsp3) is 1.00. The van der Waals surface area contributed by atoms with Crippen molar-refractivity contribution in [1.29, 1.82) is 0 Å². The minimum absolute atomic E-state index is 0.125. The Labute approximate surface area is 119 Å². The van der Waals surface area contributed by atoms with Gasteiger partial charge in [-0.15, -0.1) is 0 Å². The first kappa shape index (κ1) is 16.9. The summed E-state index contributed by atoms with van der Waals surface area (Å²) in [5, 5.41) is 13.2. The van der Waals surface area contributed by atoms with Gasteiger partial charge in [-0.3, -0.25) is 4.90 Å². The average molecular weight is 270 g/mol. The minimum Gasteiger partial charge on any atom is -0.394 e. The van der Waals surface area contributed by atoms with E-state index in [0.717, 1.165) is 24.9 Å². The molecule has 1 aliphatic carbocycles. The zero-order valence-electron chi connectivity index (χ0n) is 13.7. The van der Waals surface area contributed by atoms with Gasteiger partial charge in [0.1, 0.15) is 0 Å². The molecule has 0 saturated heterocycles. The van der Waals surface area contributed by atoms with E-state index in [9.17, 15) is 5.11 Å². The molecule has 1 aliphatic rings. The van der Waals surface area contributed by atoms with Gasteiger partial charge in [-0.2, -0.15) is 0 Å². The van der Waals surface area contributed by atoms with E-state index in [1.165, 1.54) is 12.8 Å². The highest BCUT2D eigenvalue weighted by molar-refractivity contribution is 4.91. The fourth-order valence-electron chi connectivity index (χ4n) is 3.40. The fourth-order valence-corrected chi connectivity index (χ4v) is 3.40. The lowest BCUT2D eigenvalue weighted by Gasteiger charge is -2.44. The Bertz CT molecular complexity index is 267. The average Bonchev–Trinajstić information content (AvgIpc) is 2.33. The van der Waals surface area contributed by atoms with Crippen LogP contribution in [0.15, 0.2) is 0 Å². The van der Waals surface area contributed by atoms with Crippen molar-refractivity contribution in [2.45, 2.75) is 59.0 Å². The molecule has 0 aromatic rings. The molecule has 4 unspecified atom stereocenters. The standard InChI is InChI=1S/C16H34N2O/c1-7-17-15-9-12(2)8-13(3)14(15)10-18(6)16(4,5)11-19/h12-15,17,19H,7-11H2,1-6H3. The number of hydrogen-bond acceptors (Lipinski definition) is 3. The molecule has 0 aromatic carbocycles. The molecule has 1 rings (SSSR count). The molecule has 0 heterocycles. The van der Waals surface area contributed by atoms with E-state index in [4.69, 9.17) is 0 Å². The number of nitrogens with zero attached hydrogens (tertiary/aromatic N) is 1. The monoisotopic (exact) mass is 270 g/mol. The van der Waals surface area contributed by atoms with E-state index >= 15 is 0 Å². The highest BCUT2D eigenvalue weighted by Crippen LogP contribution is 2.35. The van der Waals surface area contributed by atoms with Gasteiger partial charge >= 0.3 is 0 Å². The topological polar surface area (TPSA) is 35.5 Å². The Kier molecular flexibility index (Phi) is 6.28. The molecule has 0 radical (unpaired) electrons. The van der Waals surface area contributed by atoms with E-state index in [0.29, 0.717) is 12.0 Å². The van der Waals surface area contributed by atoms with Crippen molar-refractivity contribution >= 4 is 0 Å². The van der Waals surface area contributed by atoms with Crippen LogP contribution in [-0.4, -0.2) is 48.3 Å². The van der Waals surface area contributed by atoms with Gasteiger partial charge in [-0.1, -0.05) is 20.8 Å². The summed E-state index contributed by atoms with van der Waals surface area (Å²) in [5.74, 6) is 2.27. The van der Waals surface area contributed by atoms with E-state index < -0.39 is 0 Å². The van der Waals surface area contributed by atoms with Crippen molar-refractivity contribution in [3.8, 4) is 0 Å². The van der Waals surface area contributed by atoms with Gasteiger partial charge in [0.25, 0.3) is 0 Å². The Morgan fingerprint density at radius 1 is 1.26 bits per heavy atom. The second-order valence-electron chi connectivity index (χ2n) is 7.23. The van der Waals surface area contributed by atoms with Crippen molar-refractivity contribution in [3.63, 3.8) is 0 Å². The summed E-state index contributed by atoms with van der Waals surface area (Å²) in [7, 11) is 2.14. The van der Waals surface area contributed by atoms with Crippen LogP contribution in [0.5, 0.6) is 0 Å². The molecular weight excluding hydrogens is 236 g/mol. The lowest BCUT2D eigenvalue weighted by atomic mass is 9.72. The van der Waals surface area contributed by atoms with Crippen molar-refractivity contribution < 1.29 is 5.11 Å². The van der Waals surface area contributed by atoms with Crippen molar-refractivity contribution in [2.24, 2.45) is 17.8 Å². The molecule has 4 atom stereocenters. The van der Waals surface area contributed by atoms with Gasteiger partial charge < -0.3 is 10.4 Å². The predicted octanol–water partition coefficient (Wildman–Crippen LogP) is 2.35. The van der Waals surface area contributed by atoms with Crippen molar-refractivity contribution in [3.05, 3.63) is 0 Å². The number of aliphatic hydroxyl groups excluding tert-OH is 1. The Morgan fingerprint density at radius 2 is 1.89 bits per heavy atom. The summed E-state index contributed by atoms with van der Waals surface area (Å²) < 4.78 is 0. The van der Waals surface area contributed by atoms with E-state index in [2.05, 4.69) is 51.9 Å². The van der Waals surface area contributed by atoms with Gasteiger partial charge in [0.15, 0.2) is 0 Å². The summed E-state index contributed by atoms with van der Waals surface area (Å²) >= 11 is 0. The summed E-state index contributed by atoms with van der Waals surface area (Å²) in [6.45, 7) is 13.5. The third-order valence-electron chi connectivity index (χ3n) is 5.05. The van der Waals surface area contributed by atoms with Crippen LogP contribution in [0.1, 0.15) is 47.5 Å². The minimum atomic E-state index is -0.125. The normalized spacial score (nSPS) is 32.8. The van der Waals surface area contributed by atoms with E-state index in [1.807, 2.05) is 0 Å². The van der Waals surface area contributed by atoms with Crippen LogP contribution in [-0.2, 0) is 0 Å². The second-order valence-corrected chi connectivity index (χ2v) is 7.23. The largest absolute Gasteiger partial charge is 0.394 e. The molecule has 19 heavy (non-hydrogen) atoms. The number of nitrogens with one attached hydrogen (secondary N) is 1. The summed E-state index contributed by atoms with van der Waals surface area (Å²) in [4.78, 5) is 2.33. The van der Waals surface area contributed by atoms with Crippen LogP contribution in [0.3, 0.4) is 0 Å². The molecule has 0 aliphatic heterocycles. The maximum Gasteiger partial charge on any atom is 0.0609 e. The third-order valence-corrected chi connectivity index (χ3v) is 5.05. The SMILES string of the molecule is CCNC1CC(C)CC(C)C1CN(C)C(C)(C)CO. The first-order valence-electron chi connectivity index (χ1n) is 7.87. The molecule has 0 amide bonds. The smallest absolute Gasteiger partial charge is 0.0609 e. The van der Waals surface area contributed by atoms with Crippen molar-refractivity contribution in [1.82, 2.24) is 10.2 Å². The number of hydrogen-bond donors (Lipinski definition) is 2. The van der Waals surface area contributed by atoms with Crippen LogP contribution in [0.25, 0.3) is 0 Å². The van der Waals surface area contributed by atoms with Gasteiger partial charge in [-0.05, 0) is 58.0 Å². The second kappa shape index (κ2) is 7.05. The first-order valence-corrected chi connectivity index (χ1v) is 7.87. The highest BCUT2D eigenvalue weighted by atomic mass is 16.3. The van der Waals surface area contributed by atoms with Gasteiger partial charge in [0, 0.05) is 18.1 Å². The maximum atomic E-state index is 9.51. The highest BCUT2D eigenvalue weighted by Gasteiger charge is 2.36. The number of rotatable bonds is 6. The summed E-state index contributed by atoms with van der Waals surface area (Å²) in [5.41, 5.74) is -0.125. The molecule has 2 N–H and O–H groups in total. The third kappa shape index (κ3) is 4.44. The predicted molar refractivity (Wildman–Crippen MR) is 82.3 cm³/mol. The van der Waals surface area contributed by atoms with Crippen LogP contribution in [0, 0.1) is 17.8 Å². The molecule has 1 saturated carbocycles. The Morgan fingerprint density at radius 3 is 2.42 bits per heavy atom. The molecule has 0 bridgehead atoms. The molecule has 114 valence electrons. The zero-order chi connectivity index (χ0) is 14.6.